The first-order valence-electron chi connectivity index (χ1n) is 7.58. The van der Waals surface area contributed by atoms with Gasteiger partial charge in [0.25, 0.3) is 0 Å². The molecule has 0 N–H and O–H groups in total. The normalized spacial score (nSPS) is 10.9. The molecule has 0 fully saturated rings. The van der Waals surface area contributed by atoms with Crippen LogP contribution in [-0.4, -0.2) is 31.7 Å². The zero-order chi connectivity index (χ0) is 18.2. The number of Topliss-reactive ketones (excluding diaryl/α,β-unsaturated/α-hetero) is 1. The molecule has 130 valence electrons. The lowest BCUT2D eigenvalue weighted by Gasteiger charge is -2.12. The highest BCUT2D eigenvalue weighted by molar-refractivity contribution is 6.43. The molecule has 0 aliphatic heterocycles. The van der Waals surface area contributed by atoms with E-state index < -0.39 is 5.97 Å². The number of hydrogen-bond donors (Lipinski definition) is 0. The lowest BCUT2D eigenvalue weighted by atomic mass is 10.0. The summed E-state index contributed by atoms with van der Waals surface area (Å²) in [6.07, 6.45) is 0. The second kappa shape index (κ2) is 8.63. The van der Waals surface area contributed by atoms with E-state index in [2.05, 4.69) is 5.16 Å². The SMILES string of the molecule is CON=C(C(=O)OC)c1ccccc1COc1cccc(C(C)=O)c1. The summed E-state index contributed by atoms with van der Waals surface area (Å²) in [5, 5.41) is 3.76. The van der Waals surface area contributed by atoms with Crippen LogP contribution in [0.15, 0.2) is 53.7 Å². The molecule has 0 saturated heterocycles. The maximum atomic E-state index is 11.9. The molecule has 0 aromatic heterocycles. The molecule has 25 heavy (non-hydrogen) atoms. The summed E-state index contributed by atoms with van der Waals surface area (Å²) in [7, 11) is 2.63. The third-order valence-corrected chi connectivity index (χ3v) is 3.47. The average molecular weight is 341 g/mol. The summed E-state index contributed by atoms with van der Waals surface area (Å²) in [6, 6.07) is 14.1. The van der Waals surface area contributed by atoms with Crippen LogP contribution in [0.5, 0.6) is 5.75 Å². The van der Waals surface area contributed by atoms with E-state index in [9.17, 15) is 9.59 Å². The van der Waals surface area contributed by atoms with Gasteiger partial charge in [-0.15, -0.1) is 0 Å². The van der Waals surface area contributed by atoms with Crippen LogP contribution in [0.4, 0.5) is 0 Å². The molecular weight excluding hydrogens is 322 g/mol. The van der Waals surface area contributed by atoms with E-state index >= 15 is 0 Å². The van der Waals surface area contributed by atoms with E-state index in [1.807, 2.05) is 12.1 Å². The van der Waals surface area contributed by atoms with Crippen molar-refractivity contribution in [2.75, 3.05) is 14.2 Å². The summed E-state index contributed by atoms with van der Waals surface area (Å²) < 4.78 is 10.5. The minimum absolute atomic E-state index is 0.0361. The third-order valence-electron chi connectivity index (χ3n) is 3.47. The van der Waals surface area contributed by atoms with Crippen molar-refractivity contribution in [3.8, 4) is 5.75 Å². The minimum Gasteiger partial charge on any atom is -0.489 e. The van der Waals surface area contributed by atoms with Crippen LogP contribution >= 0.6 is 0 Å². The second-order valence-corrected chi connectivity index (χ2v) is 5.14. The lowest BCUT2D eigenvalue weighted by molar-refractivity contribution is -0.132. The molecule has 6 heteroatoms. The molecule has 0 spiro atoms. The van der Waals surface area contributed by atoms with Gasteiger partial charge in [0.15, 0.2) is 11.5 Å². The van der Waals surface area contributed by atoms with Crippen molar-refractivity contribution in [1.82, 2.24) is 0 Å². The van der Waals surface area contributed by atoms with Gasteiger partial charge in [0.05, 0.1) is 7.11 Å². The fraction of sp³-hybridized carbons (Fsp3) is 0.211. The van der Waals surface area contributed by atoms with E-state index in [1.54, 1.807) is 36.4 Å². The topological polar surface area (TPSA) is 74.2 Å². The van der Waals surface area contributed by atoms with Crippen molar-refractivity contribution in [2.45, 2.75) is 13.5 Å². The summed E-state index contributed by atoms with van der Waals surface area (Å²) in [6.45, 7) is 1.69. The molecule has 0 aliphatic carbocycles. The molecule has 6 nitrogen and oxygen atoms in total. The zero-order valence-electron chi connectivity index (χ0n) is 14.3. The highest BCUT2D eigenvalue weighted by Gasteiger charge is 2.19. The number of ketones is 1. The molecule has 0 saturated carbocycles. The van der Waals surface area contributed by atoms with Gasteiger partial charge in [0.1, 0.15) is 19.5 Å². The first-order valence-corrected chi connectivity index (χ1v) is 7.58. The van der Waals surface area contributed by atoms with Crippen LogP contribution in [0, 0.1) is 0 Å². The maximum absolute atomic E-state index is 11.9. The number of esters is 1. The Balaban J connectivity index is 2.26. The Hall–Kier alpha value is -3.15. The smallest absolute Gasteiger partial charge is 0.360 e. The van der Waals surface area contributed by atoms with Crippen molar-refractivity contribution < 1.29 is 23.9 Å². The number of nitrogens with zero attached hydrogens (tertiary/aromatic N) is 1. The first kappa shape index (κ1) is 18.2. The van der Waals surface area contributed by atoms with Gasteiger partial charge < -0.3 is 14.3 Å². The van der Waals surface area contributed by atoms with Gasteiger partial charge in [-0.2, -0.15) is 0 Å². The van der Waals surface area contributed by atoms with Crippen LogP contribution < -0.4 is 4.74 Å². The number of ether oxygens (including phenoxy) is 2. The summed E-state index contributed by atoms with van der Waals surface area (Å²) >= 11 is 0. The molecule has 2 aromatic carbocycles. The lowest BCUT2D eigenvalue weighted by Crippen LogP contribution is -2.19. The number of carbonyl (C=O) groups excluding carboxylic acids is 2. The highest BCUT2D eigenvalue weighted by Crippen LogP contribution is 2.18. The predicted octanol–water partition coefficient (Wildman–Crippen LogP) is 2.99. The van der Waals surface area contributed by atoms with Gasteiger partial charge in [-0.1, -0.05) is 41.6 Å². The van der Waals surface area contributed by atoms with Crippen molar-refractivity contribution in [3.63, 3.8) is 0 Å². The van der Waals surface area contributed by atoms with Crippen molar-refractivity contribution in [3.05, 3.63) is 65.2 Å². The molecule has 2 rings (SSSR count). The summed E-state index contributed by atoms with van der Waals surface area (Å²) in [5.74, 6) is -0.0790. The molecule has 0 aliphatic rings. The zero-order valence-corrected chi connectivity index (χ0v) is 14.3. The fourth-order valence-corrected chi connectivity index (χ4v) is 2.23. The Bertz CT molecular complexity index is 798. The molecular formula is C19H19NO5. The first-order chi connectivity index (χ1) is 12.1. The quantitative estimate of drug-likeness (QED) is 0.335. The van der Waals surface area contributed by atoms with Gasteiger partial charge in [-0.25, -0.2) is 4.79 Å². The number of oxime groups is 1. The van der Waals surface area contributed by atoms with Crippen LogP contribution in [-0.2, 0) is 21.0 Å². The average Bonchev–Trinajstić information content (AvgIpc) is 2.64. The van der Waals surface area contributed by atoms with Gasteiger partial charge in [-0.3, -0.25) is 4.79 Å². The van der Waals surface area contributed by atoms with Gasteiger partial charge in [0.2, 0.25) is 0 Å². The van der Waals surface area contributed by atoms with E-state index in [4.69, 9.17) is 14.3 Å². The molecule has 0 radical (unpaired) electrons. The Morgan fingerprint density at radius 1 is 1.04 bits per heavy atom. The third kappa shape index (κ3) is 4.67. The van der Waals surface area contributed by atoms with E-state index in [1.165, 1.54) is 21.1 Å². The summed E-state index contributed by atoms with van der Waals surface area (Å²) in [4.78, 5) is 28.1. The van der Waals surface area contributed by atoms with Crippen molar-refractivity contribution in [1.29, 1.82) is 0 Å². The summed E-state index contributed by atoms with van der Waals surface area (Å²) in [5.41, 5.74) is 1.92. The number of hydrogen-bond acceptors (Lipinski definition) is 6. The van der Waals surface area contributed by atoms with Crippen LogP contribution in [0.1, 0.15) is 28.4 Å². The maximum Gasteiger partial charge on any atom is 0.360 e. The van der Waals surface area contributed by atoms with Crippen molar-refractivity contribution in [2.24, 2.45) is 5.16 Å². The van der Waals surface area contributed by atoms with Crippen molar-refractivity contribution >= 4 is 17.5 Å². The Labute approximate surface area is 146 Å². The highest BCUT2D eigenvalue weighted by atomic mass is 16.6. The number of methoxy groups -OCH3 is 1. The molecule has 0 atom stereocenters. The standard InChI is InChI=1S/C19H19NO5/c1-13(21)14-8-6-9-16(11-14)25-12-15-7-4-5-10-17(15)18(20-24-3)19(22)23-2/h4-11H,12H2,1-3H3. The van der Waals surface area contributed by atoms with Crippen LogP contribution in [0.2, 0.25) is 0 Å². The Morgan fingerprint density at radius 3 is 2.48 bits per heavy atom. The number of benzene rings is 2. The fourth-order valence-electron chi connectivity index (χ4n) is 2.23. The molecule has 2 aromatic rings. The van der Waals surface area contributed by atoms with E-state index in [-0.39, 0.29) is 18.1 Å². The van der Waals surface area contributed by atoms with E-state index in [0.717, 1.165) is 5.56 Å². The van der Waals surface area contributed by atoms with Gasteiger partial charge >= 0.3 is 5.97 Å². The molecule has 0 unspecified atom stereocenters. The second-order valence-electron chi connectivity index (χ2n) is 5.14. The monoisotopic (exact) mass is 341 g/mol. The predicted molar refractivity (Wildman–Crippen MR) is 92.8 cm³/mol. The van der Waals surface area contributed by atoms with Crippen LogP contribution in [0.25, 0.3) is 0 Å². The van der Waals surface area contributed by atoms with E-state index in [0.29, 0.717) is 16.9 Å². The largest absolute Gasteiger partial charge is 0.489 e. The number of rotatable bonds is 7. The van der Waals surface area contributed by atoms with Crippen LogP contribution in [0.3, 0.4) is 0 Å². The number of carbonyl (C=O) groups is 2. The molecule has 0 bridgehead atoms. The molecule has 0 amide bonds. The Morgan fingerprint density at radius 2 is 1.80 bits per heavy atom. The van der Waals surface area contributed by atoms with Gasteiger partial charge in [-0.05, 0) is 24.6 Å². The minimum atomic E-state index is -0.604. The van der Waals surface area contributed by atoms with Gasteiger partial charge in [0, 0.05) is 11.1 Å². The molecule has 0 heterocycles. The Kier molecular flexibility index (Phi) is 6.28.